The molecule has 96 valence electrons. The van der Waals surface area contributed by atoms with E-state index in [1.165, 1.54) is 12.7 Å². The molecule has 1 aromatic rings. The minimum atomic E-state index is -0.0565. The van der Waals surface area contributed by atoms with Crippen LogP contribution in [0.2, 0.25) is 0 Å². The molecule has 2 aliphatic rings. The second-order valence-electron chi connectivity index (χ2n) is 5.69. The number of fused-ring (bicyclic) bond motifs is 1. The first-order valence-electron chi connectivity index (χ1n) is 6.31. The van der Waals surface area contributed by atoms with Gasteiger partial charge in [0.2, 0.25) is 0 Å². The van der Waals surface area contributed by atoms with Crippen LogP contribution < -0.4 is 4.90 Å². The number of esters is 1. The fourth-order valence-electron chi connectivity index (χ4n) is 3.29. The maximum absolute atomic E-state index is 11.6. The monoisotopic (exact) mass is 246 g/mol. The van der Waals surface area contributed by atoms with E-state index in [2.05, 4.69) is 28.9 Å². The van der Waals surface area contributed by atoms with E-state index in [0.717, 1.165) is 18.9 Å². The van der Waals surface area contributed by atoms with E-state index >= 15 is 0 Å². The van der Waals surface area contributed by atoms with Gasteiger partial charge in [0.05, 0.1) is 13.0 Å². The fourth-order valence-corrected chi connectivity index (χ4v) is 3.29. The lowest BCUT2D eigenvalue weighted by Crippen LogP contribution is -2.29. The molecular weight excluding hydrogens is 228 g/mol. The highest BCUT2D eigenvalue weighted by atomic mass is 16.5. The van der Waals surface area contributed by atoms with E-state index in [1.807, 2.05) is 13.1 Å². The SMILES string of the molecule is COC(=O)[C@@H]1C2CN(c3ccc(C)cn3)CC21C. The molecule has 2 unspecified atom stereocenters. The highest BCUT2D eigenvalue weighted by molar-refractivity contribution is 5.79. The Kier molecular flexibility index (Phi) is 2.37. The number of aryl methyl sites for hydroxylation is 1. The Bertz CT molecular complexity index is 485. The average molecular weight is 246 g/mol. The molecule has 0 radical (unpaired) electrons. The van der Waals surface area contributed by atoms with Gasteiger partial charge in [0.1, 0.15) is 5.82 Å². The van der Waals surface area contributed by atoms with Gasteiger partial charge in [0, 0.05) is 24.7 Å². The highest BCUT2D eigenvalue weighted by Crippen LogP contribution is 2.63. The maximum Gasteiger partial charge on any atom is 0.309 e. The number of carbonyl (C=O) groups excluding carboxylic acids is 1. The van der Waals surface area contributed by atoms with Crippen LogP contribution in [0, 0.1) is 24.2 Å². The molecule has 2 fully saturated rings. The lowest BCUT2D eigenvalue weighted by atomic mass is 10.1. The second kappa shape index (κ2) is 3.70. The van der Waals surface area contributed by atoms with Gasteiger partial charge in [-0.25, -0.2) is 4.98 Å². The van der Waals surface area contributed by atoms with Crippen molar-refractivity contribution in [2.24, 2.45) is 17.3 Å². The van der Waals surface area contributed by atoms with E-state index in [0.29, 0.717) is 5.92 Å². The van der Waals surface area contributed by atoms with E-state index in [4.69, 9.17) is 4.74 Å². The molecule has 3 atom stereocenters. The Morgan fingerprint density at radius 1 is 1.56 bits per heavy atom. The molecule has 1 aliphatic carbocycles. The van der Waals surface area contributed by atoms with Crippen LogP contribution in [0.4, 0.5) is 5.82 Å². The van der Waals surface area contributed by atoms with Gasteiger partial charge in [-0.2, -0.15) is 0 Å². The number of hydrogen-bond acceptors (Lipinski definition) is 4. The van der Waals surface area contributed by atoms with Gasteiger partial charge in [-0.1, -0.05) is 13.0 Å². The summed E-state index contributed by atoms with van der Waals surface area (Å²) >= 11 is 0. The summed E-state index contributed by atoms with van der Waals surface area (Å²) in [5.41, 5.74) is 1.25. The average Bonchev–Trinajstić information content (AvgIpc) is 2.76. The van der Waals surface area contributed by atoms with E-state index < -0.39 is 0 Å². The van der Waals surface area contributed by atoms with Crippen molar-refractivity contribution in [2.75, 3.05) is 25.1 Å². The number of anilines is 1. The van der Waals surface area contributed by atoms with Crippen molar-refractivity contribution < 1.29 is 9.53 Å². The molecule has 0 amide bonds. The van der Waals surface area contributed by atoms with Crippen molar-refractivity contribution in [3.05, 3.63) is 23.9 Å². The molecule has 1 saturated carbocycles. The lowest BCUT2D eigenvalue weighted by Gasteiger charge is -2.22. The number of rotatable bonds is 2. The van der Waals surface area contributed by atoms with Gasteiger partial charge < -0.3 is 9.64 Å². The molecule has 0 spiro atoms. The fraction of sp³-hybridized carbons (Fsp3) is 0.571. The lowest BCUT2D eigenvalue weighted by molar-refractivity contribution is -0.143. The van der Waals surface area contributed by atoms with E-state index in [-0.39, 0.29) is 17.3 Å². The predicted octanol–water partition coefficient (Wildman–Crippen LogP) is 1.64. The highest BCUT2D eigenvalue weighted by Gasteiger charge is 2.69. The molecule has 1 saturated heterocycles. The van der Waals surface area contributed by atoms with E-state index in [1.54, 1.807) is 0 Å². The number of methoxy groups -OCH3 is 1. The van der Waals surface area contributed by atoms with Gasteiger partial charge in [-0.05, 0) is 24.5 Å². The quantitative estimate of drug-likeness (QED) is 0.744. The largest absolute Gasteiger partial charge is 0.469 e. The first kappa shape index (κ1) is 11.5. The molecule has 0 bridgehead atoms. The minimum absolute atomic E-state index is 0.0565. The summed E-state index contributed by atoms with van der Waals surface area (Å²) in [6, 6.07) is 4.13. The number of aromatic nitrogens is 1. The third kappa shape index (κ3) is 1.51. The zero-order valence-corrected chi connectivity index (χ0v) is 11.0. The summed E-state index contributed by atoms with van der Waals surface area (Å²) < 4.78 is 4.86. The van der Waals surface area contributed by atoms with Gasteiger partial charge in [-0.3, -0.25) is 4.79 Å². The predicted molar refractivity (Wildman–Crippen MR) is 68.3 cm³/mol. The summed E-state index contributed by atoms with van der Waals surface area (Å²) in [6.45, 7) is 6.01. The third-order valence-electron chi connectivity index (χ3n) is 4.47. The second-order valence-corrected chi connectivity index (χ2v) is 5.69. The molecule has 0 N–H and O–H groups in total. The topological polar surface area (TPSA) is 42.4 Å². The van der Waals surface area contributed by atoms with Gasteiger partial charge in [-0.15, -0.1) is 0 Å². The third-order valence-corrected chi connectivity index (χ3v) is 4.47. The Labute approximate surface area is 107 Å². The van der Waals surface area contributed by atoms with Crippen LogP contribution in [0.25, 0.3) is 0 Å². The molecule has 4 heteroatoms. The van der Waals surface area contributed by atoms with Crippen molar-refractivity contribution >= 4 is 11.8 Å². The molecule has 1 aliphatic heterocycles. The summed E-state index contributed by atoms with van der Waals surface area (Å²) in [6.07, 6.45) is 1.89. The smallest absolute Gasteiger partial charge is 0.309 e. The van der Waals surface area contributed by atoms with Crippen molar-refractivity contribution in [1.82, 2.24) is 4.98 Å². The van der Waals surface area contributed by atoms with E-state index in [9.17, 15) is 4.79 Å². The van der Waals surface area contributed by atoms with Crippen LogP contribution in [0.15, 0.2) is 18.3 Å². The molecule has 3 rings (SSSR count). The number of nitrogens with zero attached hydrogens (tertiary/aromatic N) is 2. The summed E-state index contributed by atoms with van der Waals surface area (Å²) in [5.74, 6) is 1.47. The summed E-state index contributed by atoms with van der Waals surface area (Å²) in [4.78, 5) is 18.3. The van der Waals surface area contributed by atoms with Gasteiger partial charge >= 0.3 is 5.97 Å². The number of piperidine rings is 1. The first-order valence-corrected chi connectivity index (χ1v) is 6.31. The Hall–Kier alpha value is -1.58. The van der Waals surface area contributed by atoms with Crippen molar-refractivity contribution in [3.8, 4) is 0 Å². The number of hydrogen-bond donors (Lipinski definition) is 0. The van der Waals surface area contributed by atoms with Crippen LogP contribution in [-0.2, 0) is 9.53 Å². The summed E-state index contributed by atoms with van der Waals surface area (Å²) in [7, 11) is 1.47. The Morgan fingerprint density at radius 3 is 2.83 bits per heavy atom. The van der Waals surface area contributed by atoms with Crippen molar-refractivity contribution in [3.63, 3.8) is 0 Å². The zero-order chi connectivity index (χ0) is 12.9. The van der Waals surface area contributed by atoms with Crippen LogP contribution in [0.5, 0.6) is 0 Å². The standard InChI is InChI=1S/C14H18N2O2/c1-9-4-5-11(15-6-9)16-7-10-12(13(17)18-3)14(10,2)8-16/h4-6,10,12H,7-8H2,1-3H3/t10?,12-,14?/m0/s1. The normalized spacial score (nSPS) is 33.2. The number of ether oxygens (including phenoxy) is 1. The molecule has 4 nitrogen and oxygen atoms in total. The first-order chi connectivity index (χ1) is 8.56. The number of carbonyl (C=O) groups is 1. The summed E-state index contributed by atoms with van der Waals surface area (Å²) in [5, 5.41) is 0. The molecule has 2 heterocycles. The maximum atomic E-state index is 11.6. The van der Waals surface area contributed by atoms with Crippen molar-refractivity contribution in [2.45, 2.75) is 13.8 Å². The molecule has 0 aromatic carbocycles. The molecule has 18 heavy (non-hydrogen) atoms. The van der Waals surface area contributed by atoms with Crippen molar-refractivity contribution in [1.29, 1.82) is 0 Å². The Morgan fingerprint density at radius 2 is 2.33 bits per heavy atom. The number of pyridine rings is 1. The van der Waals surface area contributed by atoms with Crippen LogP contribution in [-0.4, -0.2) is 31.2 Å². The minimum Gasteiger partial charge on any atom is -0.469 e. The van der Waals surface area contributed by atoms with Crippen LogP contribution >= 0.6 is 0 Å². The van der Waals surface area contributed by atoms with Gasteiger partial charge in [0.25, 0.3) is 0 Å². The zero-order valence-electron chi connectivity index (χ0n) is 11.0. The van der Waals surface area contributed by atoms with Crippen LogP contribution in [0.3, 0.4) is 0 Å². The van der Waals surface area contributed by atoms with Crippen LogP contribution in [0.1, 0.15) is 12.5 Å². The van der Waals surface area contributed by atoms with Gasteiger partial charge in [0.15, 0.2) is 0 Å². The molecule has 1 aromatic heterocycles. The Balaban J connectivity index is 1.73. The molecular formula is C14H18N2O2.